The van der Waals surface area contributed by atoms with Crippen LogP contribution in [0.3, 0.4) is 0 Å². The first kappa shape index (κ1) is 11.2. The van der Waals surface area contributed by atoms with E-state index < -0.39 is 0 Å². The Kier molecular flexibility index (Phi) is 4.65. The summed E-state index contributed by atoms with van der Waals surface area (Å²) in [6.07, 6.45) is 1.42. The Bertz CT molecular complexity index is 234. The monoisotopic (exact) mass is 199 g/mol. The van der Waals surface area contributed by atoms with Crippen LogP contribution in [0.1, 0.15) is 18.8 Å². The van der Waals surface area contributed by atoms with Gasteiger partial charge in [0.1, 0.15) is 11.9 Å². The first-order chi connectivity index (χ1) is 6.75. The van der Waals surface area contributed by atoms with Gasteiger partial charge in [-0.1, -0.05) is 0 Å². The summed E-state index contributed by atoms with van der Waals surface area (Å²) in [6.45, 7) is 2.97. The molecule has 1 heterocycles. The quantitative estimate of drug-likeness (QED) is 0.702. The van der Waals surface area contributed by atoms with Gasteiger partial charge in [0, 0.05) is 13.2 Å². The highest BCUT2D eigenvalue weighted by Crippen LogP contribution is 2.20. The largest absolute Gasteiger partial charge is 0.467 e. The molecule has 0 saturated heterocycles. The maximum Gasteiger partial charge on any atom is 0.134 e. The van der Waals surface area contributed by atoms with Gasteiger partial charge in [-0.3, -0.25) is 0 Å². The van der Waals surface area contributed by atoms with Crippen molar-refractivity contribution in [1.82, 2.24) is 0 Å². The van der Waals surface area contributed by atoms with Crippen LogP contribution in [0.5, 0.6) is 0 Å². The summed E-state index contributed by atoms with van der Waals surface area (Å²) >= 11 is 0. The molecule has 0 amide bonds. The Hall–Kier alpha value is -0.840. The van der Waals surface area contributed by atoms with Gasteiger partial charge in [0.05, 0.1) is 19.5 Å². The van der Waals surface area contributed by atoms with Crippen molar-refractivity contribution < 1.29 is 13.9 Å². The van der Waals surface area contributed by atoms with Crippen LogP contribution in [0.25, 0.3) is 0 Å². The van der Waals surface area contributed by atoms with Crippen LogP contribution in [0.4, 0.5) is 0 Å². The fourth-order valence-electron chi connectivity index (χ4n) is 1.20. The lowest BCUT2D eigenvalue weighted by atomic mass is 10.1. The average molecular weight is 199 g/mol. The van der Waals surface area contributed by atoms with Crippen molar-refractivity contribution in [1.29, 1.82) is 0 Å². The lowest BCUT2D eigenvalue weighted by Gasteiger charge is -2.18. The van der Waals surface area contributed by atoms with Gasteiger partial charge < -0.3 is 19.6 Å². The topological polar surface area (TPSA) is 57.6 Å². The molecule has 80 valence electrons. The summed E-state index contributed by atoms with van der Waals surface area (Å²) in [7, 11) is 1.64. The van der Waals surface area contributed by atoms with Crippen LogP contribution in [0, 0.1) is 0 Å². The highest BCUT2D eigenvalue weighted by Gasteiger charge is 2.19. The minimum atomic E-state index is -0.194. The van der Waals surface area contributed by atoms with Gasteiger partial charge in [-0.05, 0) is 19.1 Å². The van der Waals surface area contributed by atoms with Gasteiger partial charge >= 0.3 is 0 Å². The zero-order valence-corrected chi connectivity index (χ0v) is 8.60. The van der Waals surface area contributed by atoms with Gasteiger partial charge in [0.2, 0.25) is 0 Å². The first-order valence-corrected chi connectivity index (χ1v) is 4.65. The van der Waals surface area contributed by atoms with Crippen LogP contribution in [0.2, 0.25) is 0 Å². The van der Waals surface area contributed by atoms with E-state index in [-0.39, 0.29) is 12.1 Å². The second kappa shape index (κ2) is 5.80. The number of hydrogen-bond donors (Lipinski definition) is 1. The highest BCUT2D eigenvalue weighted by atomic mass is 16.5. The predicted molar refractivity (Wildman–Crippen MR) is 52.9 cm³/mol. The summed E-state index contributed by atoms with van der Waals surface area (Å²) in [5.41, 5.74) is 5.78. The number of furan rings is 1. The van der Waals surface area contributed by atoms with E-state index in [4.69, 9.17) is 19.6 Å². The molecule has 0 bridgehead atoms. The van der Waals surface area contributed by atoms with Gasteiger partial charge in [-0.2, -0.15) is 0 Å². The SMILES string of the molecule is COCCOC(c1ccco1)C(C)N. The Morgan fingerprint density at radius 3 is 2.79 bits per heavy atom. The van der Waals surface area contributed by atoms with Crippen molar-refractivity contribution in [3.05, 3.63) is 24.2 Å². The molecule has 0 aliphatic rings. The van der Waals surface area contributed by atoms with Crippen LogP contribution in [0.15, 0.2) is 22.8 Å². The number of hydrogen-bond acceptors (Lipinski definition) is 4. The fraction of sp³-hybridized carbons (Fsp3) is 0.600. The van der Waals surface area contributed by atoms with Crippen LogP contribution < -0.4 is 5.73 Å². The maximum absolute atomic E-state index is 5.78. The fourth-order valence-corrected chi connectivity index (χ4v) is 1.20. The number of nitrogens with two attached hydrogens (primary N) is 1. The molecule has 0 aliphatic carbocycles. The van der Waals surface area contributed by atoms with Crippen molar-refractivity contribution in [2.45, 2.75) is 19.1 Å². The summed E-state index contributed by atoms with van der Waals surface area (Å²) in [6, 6.07) is 3.59. The van der Waals surface area contributed by atoms with E-state index in [0.29, 0.717) is 13.2 Å². The molecular weight excluding hydrogens is 182 g/mol. The third-order valence-electron chi connectivity index (χ3n) is 1.89. The molecular formula is C10H17NO3. The van der Waals surface area contributed by atoms with Crippen molar-refractivity contribution in [2.24, 2.45) is 5.73 Å². The molecule has 4 nitrogen and oxygen atoms in total. The van der Waals surface area contributed by atoms with Crippen molar-refractivity contribution >= 4 is 0 Å². The zero-order valence-electron chi connectivity index (χ0n) is 8.60. The molecule has 4 heteroatoms. The zero-order chi connectivity index (χ0) is 10.4. The van der Waals surface area contributed by atoms with Gasteiger partial charge in [0.25, 0.3) is 0 Å². The lowest BCUT2D eigenvalue weighted by molar-refractivity contribution is -0.00437. The molecule has 2 unspecified atom stereocenters. The van der Waals surface area contributed by atoms with Crippen molar-refractivity contribution in [3.63, 3.8) is 0 Å². The van der Waals surface area contributed by atoms with Gasteiger partial charge in [-0.25, -0.2) is 0 Å². The molecule has 1 rings (SSSR count). The Morgan fingerprint density at radius 2 is 2.29 bits per heavy atom. The molecule has 0 radical (unpaired) electrons. The van der Waals surface area contributed by atoms with Crippen LogP contribution >= 0.6 is 0 Å². The second-order valence-corrected chi connectivity index (χ2v) is 3.16. The van der Waals surface area contributed by atoms with E-state index in [2.05, 4.69) is 0 Å². The van der Waals surface area contributed by atoms with E-state index in [1.54, 1.807) is 13.4 Å². The predicted octanol–water partition coefficient (Wildman–Crippen LogP) is 1.33. The number of rotatable bonds is 6. The summed E-state index contributed by atoms with van der Waals surface area (Å²) in [4.78, 5) is 0. The van der Waals surface area contributed by atoms with Crippen molar-refractivity contribution in [3.8, 4) is 0 Å². The van der Waals surface area contributed by atoms with E-state index in [1.807, 2.05) is 19.1 Å². The molecule has 2 atom stereocenters. The molecule has 1 aromatic heterocycles. The molecule has 0 spiro atoms. The molecule has 2 N–H and O–H groups in total. The molecule has 0 saturated carbocycles. The normalized spacial score (nSPS) is 15.4. The molecule has 14 heavy (non-hydrogen) atoms. The summed E-state index contributed by atoms with van der Waals surface area (Å²) in [5.74, 6) is 0.760. The van der Waals surface area contributed by atoms with E-state index in [9.17, 15) is 0 Å². The Labute approximate surface area is 84.0 Å². The molecule has 0 aromatic carbocycles. The van der Waals surface area contributed by atoms with Gasteiger partial charge in [0.15, 0.2) is 0 Å². The average Bonchev–Trinajstić information content (AvgIpc) is 2.64. The maximum atomic E-state index is 5.78. The molecule has 0 fully saturated rings. The van der Waals surface area contributed by atoms with Crippen molar-refractivity contribution in [2.75, 3.05) is 20.3 Å². The number of methoxy groups -OCH3 is 1. The van der Waals surface area contributed by atoms with E-state index in [0.717, 1.165) is 5.76 Å². The van der Waals surface area contributed by atoms with E-state index >= 15 is 0 Å². The van der Waals surface area contributed by atoms with Crippen LogP contribution in [-0.4, -0.2) is 26.4 Å². The second-order valence-electron chi connectivity index (χ2n) is 3.16. The standard InChI is InChI=1S/C10H17NO3/c1-8(11)10(14-7-6-12-2)9-4-3-5-13-9/h3-5,8,10H,6-7,11H2,1-2H3. The first-order valence-electron chi connectivity index (χ1n) is 4.65. The summed E-state index contributed by atoms with van der Waals surface area (Å²) < 4.78 is 15.7. The van der Waals surface area contributed by atoms with Crippen LogP contribution in [-0.2, 0) is 9.47 Å². The molecule has 0 aliphatic heterocycles. The highest BCUT2D eigenvalue weighted by molar-refractivity contribution is 5.04. The van der Waals surface area contributed by atoms with E-state index in [1.165, 1.54) is 0 Å². The third-order valence-corrected chi connectivity index (χ3v) is 1.89. The van der Waals surface area contributed by atoms with Gasteiger partial charge in [-0.15, -0.1) is 0 Å². The number of ether oxygens (including phenoxy) is 2. The summed E-state index contributed by atoms with van der Waals surface area (Å²) in [5, 5.41) is 0. The Balaban J connectivity index is 2.48. The Morgan fingerprint density at radius 1 is 1.50 bits per heavy atom. The smallest absolute Gasteiger partial charge is 0.134 e. The molecule has 1 aromatic rings. The minimum Gasteiger partial charge on any atom is -0.467 e. The third kappa shape index (κ3) is 3.14. The lowest BCUT2D eigenvalue weighted by Crippen LogP contribution is -2.27. The minimum absolute atomic E-state index is 0.0991.